The molecule has 1 amide bonds. The van der Waals surface area contributed by atoms with Crippen molar-refractivity contribution < 1.29 is 9.90 Å². The van der Waals surface area contributed by atoms with Crippen LogP contribution in [0.1, 0.15) is 35.1 Å². The molecule has 6 nitrogen and oxygen atoms in total. The molecule has 134 valence electrons. The van der Waals surface area contributed by atoms with E-state index in [-0.39, 0.29) is 24.5 Å². The van der Waals surface area contributed by atoms with E-state index in [1.165, 1.54) is 5.56 Å². The van der Waals surface area contributed by atoms with Crippen molar-refractivity contribution in [3.05, 3.63) is 53.3 Å². The van der Waals surface area contributed by atoms with E-state index >= 15 is 0 Å². The molecule has 0 aliphatic carbocycles. The number of H-pyrrole nitrogens is 1. The third-order valence-electron chi connectivity index (χ3n) is 4.88. The van der Waals surface area contributed by atoms with E-state index in [1.807, 2.05) is 25.1 Å². The second kappa shape index (κ2) is 8.27. The number of carbonyl (C=O) groups is 1. The van der Waals surface area contributed by atoms with Crippen LogP contribution in [0.15, 0.2) is 36.4 Å². The molecule has 25 heavy (non-hydrogen) atoms. The lowest BCUT2D eigenvalue weighted by molar-refractivity contribution is 0.0727. The van der Waals surface area contributed by atoms with Crippen molar-refractivity contribution in [2.24, 2.45) is 5.92 Å². The number of nitrogens with zero attached hydrogens (tertiary/aromatic N) is 2. The van der Waals surface area contributed by atoms with Crippen LogP contribution in [-0.4, -0.2) is 51.8 Å². The van der Waals surface area contributed by atoms with Gasteiger partial charge in [0.2, 0.25) is 0 Å². The van der Waals surface area contributed by atoms with Gasteiger partial charge in [-0.2, -0.15) is 5.10 Å². The van der Waals surface area contributed by atoms with Gasteiger partial charge < -0.3 is 10.4 Å². The highest BCUT2D eigenvalue weighted by molar-refractivity contribution is 5.92. The summed E-state index contributed by atoms with van der Waals surface area (Å²) in [7, 11) is 0. The SMILES string of the molecule is CCc1cc(C(=O)N[C@H]2CN(Cc3ccccc3)CC[C@@H]2CO)n[nH]1. The first-order valence-electron chi connectivity index (χ1n) is 8.92. The number of nitrogens with one attached hydrogen (secondary N) is 2. The minimum Gasteiger partial charge on any atom is -0.396 e. The number of benzene rings is 1. The number of hydrogen-bond acceptors (Lipinski definition) is 4. The number of aliphatic hydroxyl groups excluding tert-OH is 1. The molecule has 1 aromatic carbocycles. The van der Waals surface area contributed by atoms with Gasteiger partial charge in [-0.25, -0.2) is 0 Å². The summed E-state index contributed by atoms with van der Waals surface area (Å²) in [5.41, 5.74) is 2.61. The highest BCUT2D eigenvalue weighted by atomic mass is 16.3. The summed E-state index contributed by atoms with van der Waals surface area (Å²) in [6.45, 7) is 4.62. The highest BCUT2D eigenvalue weighted by Gasteiger charge is 2.30. The first kappa shape index (κ1) is 17.6. The Morgan fingerprint density at radius 1 is 1.40 bits per heavy atom. The number of hydrogen-bond donors (Lipinski definition) is 3. The van der Waals surface area contributed by atoms with E-state index in [0.29, 0.717) is 5.69 Å². The predicted octanol–water partition coefficient (Wildman–Crippen LogP) is 1.58. The Kier molecular flexibility index (Phi) is 5.83. The Morgan fingerprint density at radius 2 is 2.20 bits per heavy atom. The van der Waals surface area contributed by atoms with Crippen LogP contribution >= 0.6 is 0 Å². The lowest BCUT2D eigenvalue weighted by Crippen LogP contribution is -2.53. The Labute approximate surface area is 148 Å². The first-order valence-corrected chi connectivity index (χ1v) is 8.92. The molecule has 3 rings (SSSR count). The second-order valence-electron chi connectivity index (χ2n) is 6.66. The smallest absolute Gasteiger partial charge is 0.272 e. The van der Waals surface area contributed by atoms with Crippen LogP contribution in [-0.2, 0) is 13.0 Å². The van der Waals surface area contributed by atoms with E-state index < -0.39 is 0 Å². The number of carbonyl (C=O) groups excluding carboxylic acids is 1. The van der Waals surface area contributed by atoms with Gasteiger partial charge in [0.15, 0.2) is 0 Å². The Morgan fingerprint density at radius 3 is 2.88 bits per heavy atom. The quantitative estimate of drug-likeness (QED) is 0.745. The fourth-order valence-corrected chi connectivity index (χ4v) is 3.34. The summed E-state index contributed by atoms with van der Waals surface area (Å²) in [5, 5.41) is 19.7. The van der Waals surface area contributed by atoms with Gasteiger partial charge in [-0.05, 0) is 31.0 Å². The Hall–Kier alpha value is -2.18. The molecule has 1 aliphatic rings. The maximum Gasteiger partial charge on any atom is 0.272 e. The zero-order valence-corrected chi connectivity index (χ0v) is 14.6. The molecule has 1 saturated heterocycles. The van der Waals surface area contributed by atoms with E-state index in [1.54, 1.807) is 6.07 Å². The minimum atomic E-state index is -0.180. The number of aromatic amines is 1. The number of aliphatic hydroxyl groups is 1. The van der Waals surface area contributed by atoms with Gasteiger partial charge in [0.05, 0.1) is 0 Å². The molecule has 2 atom stereocenters. The van der Waals surface area contributed by atoms with Gasteiger partial charge >= 0.3 is 0 Å². The Balaban J connectivity index is 1.63. The van der Waals surface area contributed by atoms with Crippen LogP contribution in [0, 0.1) is 5.92 Å². The van der Waals surface area contributed by atoms with Crippen LogP contribution in [0.3, 0.4) is 0 Å². The van der Waals surface area contributed by atoms with Gasteiger partial charge in [0, 0.05) is 37.4 Å². The summed E-state index contributed by atoms with van der Waals surface area (Å²) in [6, 6.07) is 12.0. The van der Waals surface area contributed by atoms with Crippen LogP contribution < -0.4 is 5.32 Å². The zero-order valence-electron chi connectivity index (χ0n) is 14.6. The molecule has 1 fully saturated rings. The van der Waals surface area contributed by atoms with E-state index in [2.05, 4.69) is 32.5 Å². The number of piperidine rings is 1. The average Bonchev–Trinajstić information content (AvgIpc) is 3.12. The number of aryl methyl sites for hydroxylation is 1. The molecule has 0 unspecified atom stereocenters. The highest BCUT2D eigenvalue weighted by Crippen LogP contribution is 2.20. The van der Waals surface area contributed by atoms with Crippen molar-refractivity contribution in [1.29, 1.82) is 0 Å². The van der Waals surface area contributed by atoms with Crippen LogP contribution in [0.25, 0.3) is 0 Å². The summed E-state index contributed by atoms with van der Waals surface area (Å²) < 4.78 is 0. The van der Waals surface area contributed by atoms with Crippen LogP contribution in [0.2, 0.25) is 0 Å². The van der Waals surface area contributed by atoms with Crippen molar-refractivity contribution in [3.63, 3.8) is 0 Å². The Bertz CT molecular complexity index is 686. The normalized spacial score (nSPS) is 21.2. The number of amides is 1. The van der Waals surface area contributed by atoms with E-state index in [9.17, 15) is 9.90 Å². The molecule has 0 radical (unpaired) electrons. The molecule has 0 saturated carbocycles. The molecule has 0 bridgehead atoms. The molecule has 1 aliphatic heterocycles. The zero-order chi connectivity index (χ0) is 17.6. The average molecular weight is 342 g/mol. The van der Waals surface area contributed by atoms with Gasteiger partial charge in [-0.15, -0.1) is 0 Å². The van der Waals surface area contributed by atoms with E-state index in [0.717, 1.165) is 38.2 Å². The number of rotatable bonds is 6. The summed E-state index contributed by atoms with van der Waals surface area (Å²) >= 11 is 0. The second-order valence-corrected chi connectivity index (χ2v) is 6.66. The van der Waals surface area contributed by atoms with Crippen molar-refractivity contribution in [2.45, 2.75) is 32.4 Å². The topological polar surface area (TPSA) is 81.2 Å². The van der Waals surface area contributed by atoms with Gasteiger partial charge in [0.1, 0.15) is 5.69 Å². The van der Waals surface area contributed by atoms with E-state index in [4.69, 9.17) is 0 Å². The summed E-state index contributed by atoms with van der Waals surface area (Å²) in [6.07, 6.45) is 1.68. The minimum absolute atomic E-state index is 0.0725. The number of likely N-dealkylation sites (tertiary alicyclic amines) is 1. The fraction of sp³-hybridized carbons (Fsp3) is 0.474. The monoisotopic (exact) mass is 342 g/mol. The summed E-state index contributed by atoms with van der Waals surface area (Å²) in [4.78, 5) is 14.8. The fourth-order valence-electron chi connectivity index (χ4n) is 3.34. The molecule has 6 heteroatoms. The van der Waals surface area contributed by atoms with Gasteiger partial charge in [0.25, 0.3) is 5.91 Å². The first-order chi connectivity index (χ1) is 12.2. The van der Waals surface area contributed by atoms with Gasteiger partial charge in [-0.3, -0.25) is 14.8 Å². The lowest BCUT2D eigenvalue weighted by Gasteiger charge is -2.38. The van der Waals surface area contributed by atoms with Crippen molar-refractivity contribution in [3.8, 4) is 0 Å². The van der Waals surface area contributed by atoms with Crippen LogP contribution in [0.4, 0.5) is 0 Å². The summed E-state index contributed by atoms with van der Waals surface area (Å²) in [5.74, 6) is -0.0958. The maximum absolute atomic E-state index is 12.5. The van der Waals surface area contributed by atoms with Crippen molar-refractivity contribution >= 4 is 5.91 Å². The maximum atomic E-state index is 12.5. The van der Waals surface area contributed by atoms with Gasteiger partial charge in [-0.1, -0.05) is 37.3 Å². The van der Waals surface area contributed by atoms with Crippen molar-refractivity contribution in [1.82, 2.24) is 20.4 Å². The number of aromatic nitrogens is 2. The molecular formula is C19H26N4O2. The standard InChI is InChI=1S/C19H26N4O2/c1-2-16-10-17(22-21-16)19(25)20-18-12-23(9-8-15(18)13-24)11-14-6-4-3-5-7-14/h3-7,10,15,18,24H,2,8-9,11-13H2,1H3,(H,20,25)(H,21,22)/t15-,18+/m1/s1. The van der Waals surface area contributed by atoms with Crippen LogP contribution in [0.5, 0.6) is 0 Å². The lowest BCUT2D eigenvalue weighted by atomic mass is 9.91. The molecular weight excluding hydrogens is 316 g/mol. The largest absolute Gasteiger partial charge is 0.396 e. The third-order valence-corrected chi connectivity index (χ3v) is 4.88. The van der Waals surface area contributed by atoms with Crippen molar-refractivity contribution in [2.75, 3.05) is 19.7 Å². The molecule has 1 aromatic heterocycles. The third kappa shape index (κ3) is 4.46. The predicted molar refractivity (Wildman–Crippen MR) is 96.1 cm³/mol. The molecule has 0 spiro atoms. The molecule has 2 aromatic rings. The molecule has 3 N–H and O–H groups in total. The molecule has 2 heterocycles.